The molecule has 17 heavy (non-hydrogen) atoms. The van der Waals surface area contributed by atoms with Crippen LogP contribution in [0.4, 0.5) is 0 Å². The topological polar surface area (TPSA) is 36.4 Å². The first-order chi connectivity index (χ1) is 8.24. The van der Waals surface area contributed by atoms with Gasteiger partial charge in [-0.1, -0.05) is 13.8 Å². The normalized spacial score (nSPS) is 19.6. The molecule has 0 saturated carbocycles. The van der Waals surface area contributed by atoms with Crippen molar-refractivity contribution in [1.82, 2.24) is 9.88 Å². The molecule has 1 aromatic heterocycles. The molecule has 4 heteroatoms. The van der Waals surface area contributed by atoms with Crippen molar-refractivity contribution in [2.24, 2.45) is 0 Å². The van der Waals surface area contributed by atoms with Crippen LogP contribution in [0.3, 0.4) is 0 Å². The first-order valence-corrected chi connectivity index (χ1v) is 7.45. The van der Waals surface area contributed by atoms with E-state index in [1.54, 1.807) is 11.3 Å². The molecule has 1 aliphatic carbocycles. The van der Waals surface area contributed by atoms with Gasteiger partial charge in [0.15, 0.2) is 0 Å². The zero-order chi connectivity index (χ0) is 12.3. The SMILES string of the molecule is CCN(CC)CCc1nc2c(s1)CCCC2O. The van der Waals surface area contributed by atoms with Gasteiger partial charge in [0.25, 0.3) is 0 Å². The highest BCUT2D eigenvalue weighted by Crippen LogP contribution is 2.33. The summed E-state index contributed by atoms with van der Waals surface area (Å²) in [6, 6.07) is 0. The van der Waals surface area contributed by atoms with Gasteiger partial charge in [0, 0.05) is 17.8 Å². The van der Waals surface area contributed by atoms with E-state index in [2.05, 4.69) is 23.7 Å². The molecule has 0 saturated heterocycles. The fourth-order valence-electron chi connectivity index (χ4n) is 2.35. The molecule has 1 aliphatic rings. The predicted octanol–water partition coefficient (Wildman–Crippen LogP) is 2.40. The number of hydrogen-bond donors (Lipinski definition) is 1. The zero-order valence-corrected chi connectivity index (χ0v) is 11.6. The fourth-order valence-corrected chi connectivity index (χ4v) is 3.50. The summed E-state index contributed by atoms with van der Waals surface area (Å²) in [7, 11) is 0. The van der Waals surface area contributed by atoms with Crippen LogP contribution in [-0.2, 0) is 12.8 Å². The lowest BCUT2D eigenvalue weighted by Gasteiger charge is -2.16. The van der Waals surface area contributed by atoms with Crippen LogP contribution in [0.15, 0.2) is 0 Å². The molecule has 2 rings (SSSR count). The fraction of sp³-hybridized carbons (Fsp3) is 0.769. The van der Waals surface area contributed by atoms with Gasteiger partial charge in [-0.2, -0.15) is 0 Å². The molecule has 0 radical (unpaired) electrons. The van der Waals surface area contributed by atoms with Crippen molar-refractivity contribution in [2.45, 2.75) is 45.6 Å². The number of aliphatic hydroxyl groups is 1. The smallest absolute Gasteiger partial charge is 0.0971 e. The van der Waals surface area contributed by atoms with Crippen LogP contribution in [0.1, 0.15) is 48.4 Å². The molecule has 0 bridgehead atoms. The van der Waals surface area contributed by atoms with E-state index in [1.165, 1.54) is 9.88 Å². The maximum atomic E-state index is 9.88. The van der Waals surface area contributed by atoms with E-state index < -0.39 is 0 Å². The number of aromatic nitrogens is 1. The van der Waals surface area contributed by atoms with Gasteiger partial charge in [-0.15, -0.1) is 11.3 Å². The van der Waals surface area contributed by atoms with Crippen LogP contribution >= 0.6 is 11.3 Å². The van der Waals surface area contributed by atoms with Crippen molar-refractivity contribution in [1.29, 1.82) is 0 Å². The van der Waals surface area contributed by atoms with Gasteiger partial charge in [0.05, 0.1) is 16.8 Å². The molecule has 1 heterocycles. The first kappa shape index (κ1) is 13.0. The van der Waals surface area contributed by atoms with Gasteiger partial charge in [-0.25, -0.2) is 4.98 Å². The number of thiazole rings is 1. The molecule has 3 nitrogen and oxygen atoms in total. The number of likely N-dealkylation sites (N-methyl/N-ethyl adjacent to an activating group) is 1. The van der Waals surface area contributed by atoms with E-state index in [4.69, 9.17) is 0 Å². The quantitative estimate of drug-likeness (QED) is 0.876. The molecule has 1 atom stereocenters. The van der Waals surface area contributed by atoms with Gasteiger partial charge in [-0.05, 0) is 32.4 Å². The Balaban J connectivity index is 1.98. The van der Waals surface area contributed by atoms with E-state index in [1.807, 2.05) is 0 Å². The third-order valence-electron chi connectivity index (χ3n) is 3.51. The number of rotatable bonds is 5. The van der Waals surface area contributed by atoms with Crippen LogP contribution in [-0.4, -0.2) is 34.6 Å². The third-order valence-corrected chi connectivity index (χ3v) is 4.70. The molecule has 0 fully saturated rings. The molecule has 0 aliphatic heterocycles. The van der Waals surface area contributed by atoms with E-state index >= 15 is 0 Å². The Morgan fingerprint density at radius 1 is 1.41 bits per heavy atom. The van der Waals surface area contributed by atoms with Crippen molar-refractivity contribution < 1.29 is 5.11 Å². The molecule has 96 valence electrons. The van der Waals surface area contributed by atoms with Crippen molar-refractivity contribution in [3.05, 3.63) is 15.6 Å². The van der Waals surface area contributed by atoms with E-state index in [9.17, 15) is 5.11 Å². The Morgan fingerprint density at radius 3 is 2.82 bits per heavy atom. The number of nitrogens with zero attached hydrogens (tertiary/aromatic N) is 2. The number of aliphatic hydroxyl groups excluding tert-OH is 1. The minimum absolute atomic E-state index is 0.308. The lowest BCUT2D eigenvalue weighted by atomic mass is 10.0. The molecule has 1 aromatic rings. The van der Waals surface area contributed by atoms with Crippen LogP contribution in [0.25, 0.3) is 0 Å². The van der Waals surface area contributed by atoms with Crippen molar-refractivity contribution >= 4 is 11.3 Å². The standard InChI is InChI=1S/C13H22N2OS/c1-3-15(4-2)9-8-12-14-13-10(16)6-5-7-11(13)17-12/h10,16H,3-9H2,1-2H3. The average Bonchev–Trinajstić information content (AvgIpc) is 2.75. The number of fused-ring (bicyclic) bond motifs is 1. The van der Waals surface area contributed by atoms with Gasteiger partial charge in [0.1, 0.15) is 0 Å². The second-order valence-electron chi connectivity index (χ2n) is 4.60. The lowest BCUT2D eigenvalue weighted by molar-refractivity contribution is 0.152. The Hall–Kier alpha value is -0.450. The highest BCUT2D eigenvalue weighted by Gasteiger charge is 2.22. The van der Waals surface area contributed by atoms with Crippen molar-refractivity contribution in [2.75, 3.05) is 19.6 Å². The minimum atomic E-state index is -0.308. The van der Waals surface area contributed by atoms with Crippen LogP contribution in [0.2, 0.25) is 0 Å². The molecule has 0 spiro atoms. The maximum absolute atomic E-state index is 9.88. The molecular weight excluding hydrogens is 232 g/mol. The van der Waals surface area contributed by atoms with E-state index in [0.717, 1.165) is 51.0 Å². The van der Waals surface area contributed by atoms with Gasteiger partial charge in [-0.3, -0.25) is 0 Å². The number of aryl methyl sites for hydroxylation is 1. The van der Waals surface area contributed by atoms with Gasteiger partial charge >= 0.3 is 0 Å². The molecule has 0 amide bonds. The van der Waals surface area contributed by atoms with Crippen molar-refractivity contribution in [3.8, 4) is 0 Å². The molecular formula is C13H22N2OS. The largest absolute Gasteiger partial charge is 0.387 e. The second-order valence-corrected chi connectivity index (χ2v) is 5.77. The van der Waals surface area contributed by atoms with Crippen LogP contribution in [0, 0.1) is 0 Å². The summed E-state index contributed by atoms with van der Waals surface area (Å²) in [6.45, 7) is 7.67. The van der Waals surface area contributed by atoms with E-state index in [-0.39, 0.29) is 6.10 Å². The summed E-state index contributed by atoms with van der Waals surface area (Å²) in [6.07, 6.45) is 3.80. The molecule has 0 aromatic carbocycles. The summed E-state index contributed by atoms with van der Waals surface area (Å²) in [5.74, 6) is 0. The minimum Gasteiger partial charge on any atom is -0.387 e. The lowest BCUT2D eigenvalue weighted by Crippen LogP contribution is -2.25. The summed E-state index contributed by atoms with van der Waals surface area (Å²) in [4.78, 5) is 8.35. The van der Waals surface area contributed by atoms with E-state index in [0.29, 0.717) is 0 Å². The molecule has 1 N–H and O–H groups in total. The maximum Gasteiger partial charge on any atom is 0.0971 e. The summed E-state index contributed by atoms with van der Waals surface area (Å²) in [5.41, 5.74) is 0.968. The first-order valence-electron chi connectivity index (χ1n) is 6.63. The monoisotopic (exact) mass is 254 g/mol. The second kappa shape index (κ2) is 5.94. The highest BCUT2D eigenvalue weighted by atomic mass is 32.1. The summed E-state index contributed by atoms with van der Waals surface area (Å²) < 4.78 is 0. The summed E-state index contributed by atoms with van der Waals surface area (Å²) >= 11 is 1.80. The molecule has 1 unspecified atom stereocenters. The predicted molar refractivity (Wildman–Crippen MR) is 71.5 cm³/mol. The average molecular weight is 254 g/mol. The summed E-state index contributed by atoms with van der Waals surface area (Å²) in [5, 5.41) is 11.1. The Labute approximate surface area is 107 Å². The zero-order valence-electron chi connectivity index (χ0n) is 10.8. The van der Waals surface area contributed by atoms with Gasteiger partial charge in [0.2, 0.25) is 0 Å². The Kier molecular flexibility index (Phi) is 4.54. The van der Waals surface area contributed by atoms with Gasteiger partial charge < -0.3 is 10.0 Å². The highest BCUT2D eigenvalue weighted by molar-refractivity contribution is 7.11. The Bertz CT molecular complexity index is 360. The third kappa shape index (κ3) is 3.06. The number of hydrogen-bond acceptors (Lipinski definition) is 4. The van der Waals surface area contributed by atoms with Crippen LogP contribution in [0.5, 0.6) is 0 Å². The van der Waals surface area contributed by atoms with Crippen LogP contribution < -0.4 is 0 Å². The van der Waals surface area contributed by atoms with Crippen molar-refractivity contribution in [3.63, 3.8) is 0 Å². The Morgan fingerprint density at radius 2 is 2.18 bits per heavy atom.